The molecule has 0 heterocycles. The lowest BCUT2D eigenvalue weighted by Gasteiger charge is -2.19. The summed E-state index contributed by atoms with van der Waals surface area (Å²) in [4.78, 5) is 23.8. The van der Waals surface area contributed by atoms with E-state index in [1.54, 1.807) is 24.3 Å². The topological polar surface area (TPSA) is 111 Å². The molecule has 0 bridgehead atoms. The van der Waals surface area contributed by atoms with Crippen molar-refractivity contribution < 1.29 is 19.9 Å². The molecule has 7 nitrogen and oxygen atoms in total. The fourth-order valence-electron chi connectivity index (χ4n) is 2.80. The van der Waals surface area contributed by atoms with Gasteiger partial charge in [-0.15, -0.1) is 0 Å². The van der Waals surface area contributed by atoms with Crippen LogP contribution in [0.15, 0.2) is 48.5 Å². The van der Waals surface area contributed by atoms with Crippen LogP contribution in [-0.2, 0) is 11.3 Å². The van der Waals surface area contributed by atoms with Gasteiger partial charge in [-0.05, 0) is 61.7 Å². The first-order chi connectivity index (χ1) is 14.5. The van der Waals surface area contributed by atoms with Crippen molar-refractivity contribution in [3.05, 3.63) is 70.8 Å². The third kappa shape index (κ3) is 6.16. The van der Waals surface area contributed by atoms with Gasteiger partial charge in [0.15, 0.2) is 0 Å². The molecule has 1 fully saturated rings. The third-order valence-corrected chi connectivity index (χ3v) is 4.79. The van der Waals surface area contributed by atoms with Crippen LogP contribution in [0.25, 0.3) is 0 Å². The molecular weight excluding hydrogens is 382 g/mol. The SMILES string of the molecule is C[C@@H](O)[C@H](NC(=O)c1ccc(C#Cc2ccc(CNC3CC3)cc2)cc1)C(=O)NO. The highest BCUT2D eigenvalue weighted by molar-refractivity contribution is 5.97. The molecule has 0 aromatic heterocycles. The molecule has 2 amide bonds. The van der Waals surface area contributed by atoms with Crippen molar-refractivity contribution in [2.75, 3.05) is 0 Å². The van der Waals surface area contributed by atoms with Gasteiger partial charge in [0, 0.05) is 29.3 Å². The number of amides is 2. The highest BCUT2D eigenvalue weighted by Gasteiger charge is 2.25. The van der Waals surface area contributed by atoms with Crippen molar-refractivity contribution in [3.8, 4) is 11.8 Å². The standard InChI is InChI=1S/C23H25N3O4/c1-15(27)21(23(29)26-30)25-22(28)19-10-8-17(9-11-19)3-2-16-4-6-18(7-5-16)14-24-20-12-13-20/h4-11,15,20-21,24,27,30H,12-14H2,1H3,(H,25,28)(H,26,29)/t15-,21+/m1/s1. The molecule has 1 aliphatic carbocycles. The van der Waals surface area contributed by atoms with E-state index in [-0.39, 0.29) is 0 Å². The van der Waals surface area contributed by atoms with E-state index in [0.717, 1.165) is 17.7 Å². The van der Waals surface area contributed by atoms with E-state index in [2.05, 4.69) is 34.6 Å². The Morgan fingerprint density at radius 3 is 2.10 bits per heavy atom. The number of aliphatic hydroxyl groups excluding tert-OH is 1. The van der Waals surface area contributed by atoms with Crippen LogP contribution in [0.4, 0.5) is 0 Å². The summed E-state index contributed by atoms with van der Waals surface area (Å²) in [6.45, 7) is 2.22. The van der Waals surface area contributed by atoms with Gasteiger partial charge in [0.25, 0.3) is 11.8 Å². The van der Waals surface area contributed by atoms with Crippen LogP contribution in [0.3, 0.4) is 0 Å². The number of hydroxylamine groups is 1. The van der Waals surface area contributed by atoms with Gasteiger partial charge in [0.2, 0.25) is 0 Å². The van der Waals surface area contributed by atoms with Crippen molar-refractivity contribution in [2.45, 2.75) is 44.5 Å². The van der Waals surface area contributed by atoms with Gasteiger partial charge < -0.3 is 15.7 Å². The average Bonchev–Trinajstić information content (AvgIpc) is 3.59. The van der Waals surface area contributed by atoms with Crippen LogP contribution in [0.5, 0.6) is 0 Å². The first-order valence-corrected chi connectivity index (χ1v) is 9.83. The Balaban J connectivity index is 1.59. The molecule has 0 saturated heterocycles. The van der Waals surface area contributed by atoms with Gasteiger partial charge in [0.05, 0.1) is 6.10 Å². The van der Waals surface area contributed by atoms with Crippen LogP contribution < -0.4 is 16.1 Å². The zero-order chi connectivity index (χ0) is 21.5. The predicted octanol–water partition coefficient (Wildman–Crippen LogP) is 1.32. The van der Waals surface area contributed by atoms with Gasteiger partial charge >= 0.3 is 0 Å². The van der Waals surface area contributed by atoms with E-state index in [4.69, 9.17) is 5.21 Å². The molecule has 2 aromatic carbocycles. The number of hydrogen-bond acceptors (Lipinski definition) is 5. The van der Waals surface area contributed by atoms with Gasteiger partial charge in [-0.1, -0.05) is 24.0 Å². The highest BCUT2D eigenvalue weighted by atomic mass is 16.5. The summed E-state index contributed by atoms with van der Waals surface area (Å²) in [5.41, 5.74) is 4.61. The third-order valence-electron chi connectivity index (χ3n) is 4.79. The fraction of sp³-hybridized carbons (Fsp3) is 0.304. The minimum Gasteiger partial charge on any atom is -0.391 e. The van der Waals surface area contributed by atoms with Crippen LogP contribution >= 0.6 is 0 Å². The second kappa shape index (κ2) is 10.0. The van der Waals surface area contributed by atoms with E-state index in [0.29, 0.717) is 11.6 Å². The van der Waals surface area contributed by atoms with E-state index in [1.165, 1.54) is 30.8 Å². The summed E-state index contributed by atoms with van der Waals surface area (Å²) in [6.07, 6.45) is 1.37. The molecule has 2 atom stereocenters. The molecule has 1 aliphatic rings. The lowest BCUT2D eigenvalue weighted by molar-refractivity contribution is -0.133. The van der Waals surface area contributed by atoms with E-state index in [1.807, 2.05) is 12.1 Å². The number of carbonyl (C=O) groups is 2. The van der Waals surface area contributed by atoms with Crippen molar-refractivity contribution in [2.24, 2.45) is 0 Å². The molecule has 0 aliphatic heterocycles. The number of benzene rings is 2. The van der Waals surface area contributed by atoms with E-state index in [9.17, 15) is 14.7 Å². The lowest BCUT2D eigenvalue weighted by atomic mass is 10.1. The van der Waals surface area contributed by atoms with Gasteiger partial charge in [-0.2, -0.15) is 0 Å². The highest BCUT2D eigenvalue weighted by Crippen LogP contribution is 2.19. The summed E-state index contributed by atoms with van der Waals surface area (Å²) in [5, 5.41) is 24.2. The summed E-state index contributed by atoms with van der Waals surface area (Å²) in [5.74, 6) is 4.72. The molecule has 5 N–H and O–H groups in total. The molecule has 0 unspecified atom stereocenters. The zero-order valence-electron chi connectivity index (χ0n) is 16.7. The monoisotopic (exact) mass is 407 g/mol. The molecule has 2 aromatic rings. The fourth-order valence-corrected chi connectivity index (χ4v) is 2.80. The summed E-state index contributed by atoms with van der Waals surface area (Å²) < 4.78 is 0. The second-order valence-corrected chi connectivity index (χ2v) is 7.35. The van der Waals surface area contributed by atoms with E-state index >= 15 is 0 Å². The molecule has 1 saturated carbocycles. The zero-order valence-corrected chi connectivity index (χ0v) is 16.7. The minimum atomic E-state index is -1.26. The Labute approximate surface area is 175 Å². The molecule has 0 spiro atoms. The summed E-state index contributed by atoms with van der Waals surface area (Å²) in [7, 11) is 0. The quantitative estimate of drug-likeness (QED) is 0.270. The molecule has 0 radical (unpaired) electrons. The maximum Gasteiger partial charge on any atom is 0.268 e. The van der Waals surface area contributed by atoms with Crippen molar-refractivity contribution >= 4 is 11.8 Å². The summed E-state index contributed by atoms with van der Waals surface area (Å²) >= 11 is 0. The Bertz CT molecular complexity index is 939. The molecule has 156 valence electrons. The Kier molecular flexibility index (Phi) is 7.20. The smallest absolute Gasteiger partial charge is 0.268 e. The predicted molar refractivity (Wildman–Crippen MR) is 112 cm³/mol. The Morgan fingerprint density at radius 1 is 1.03 bits per heavy atom. The largest absolute Gasteiger partial charge is 0.391 e. The average molecular weight is 407 g/mol. The number of rotatable bonds is 7. The number of hydrogen-bond donors (Lipinski definition) is 5. The number of nitrogens with one attached hydrogen (secondary N) is 3. The molecule has 3 rings (SSSR count). The van der Waals surface area contributed by atoms with Crippen molar-refractivity contribution in [1.82, 2.24) is 16.1 Å². The minimum absolute atomic E-state index is 0.310. The van der Waals surface area contributed by atoms with Gasteiger partial charge in [0.1, 0.15) is 6.04 Å². The van der Waals surface area contributed by atoms with Crippen LogP contribution in [-0.4, -0.2) is 40.3 Å². The molecule has 30 heavy (non-hydrogen) atoms. The Morgan fingerprint density at radius 2 is 1.60 bits per heavy atom. The first-order valence-electron chi connectivity index (χ1n) is 9.83. The van der Waals surface area contributed by atoms with Gasteiger partial charge in [-0.25, -0.2) is 5.48 Å². The number of aliphatic hydroxyl groups is 1. The Hall–Kier alpha value is -3.18. The second-order valence-electron chi connectivity index (χ2n) is 7.35. The van der Waals surface area contributed by atoms with Crippen LogP contribution in [0, 0.1) is 11.8 Å². The lowest BCUT2D eigenvalue weighted by Crippen LogP contribution is -2.51. The number of carbonyl (C=O) groups excluding carboxylic acids is 2. The normalized spacial score (nSPS) is 14.8. The maximum absolute atomic E-state index is 12.3. The molecular formula is C23H25N3O4. The summed E-state index contributed by atoms with van der Waals surface area (Å²) in [6, 6.07) is 14.1. The maximum atomic E-state index is 12.3. The first kappa shape index (κ1) is 21.5. The van der Waals surface area contributed by atoms with Gasteiger partial charge in [-0.3, -0.25) is 14.8 Å². The van der Waals surface area contributed by atoms with Crippen LogP contribution in [0.1, 0.15) is 46.8 Å². The van der Waals surface area contributed by atoms with Crippen molar-refractivity contribution in [1.29, 1.82) is 0 Å². The molecule has 7 heteroatoms. The van der Waals surface area contributed by atoms with Crippen molar-refractivity contribution in [3.63, 3.8) is 0 Å². The van der Waals surface area contributed by atoms with Crippen LogP contribution in [0.2, 0.25) is 0 Å². The van der Waals surface area contributed by atoms with E-state index < -0.39 is 24.0 Å².